The summed E-state index contributed by atoms with van der Waals surface area (Å²) in [5.41, 5.74) is 2.32. The topological polar surface area (TPSA) is 55.5 Å². The second-order valence-electron chi connectivity index (χ2n) is 3.61. The van der Waals surface area contributed by atoms with E-state index in [1.165, 1.54) is 5.56 Å². The summed E-state index contributed by atoms with van der Waals surface area (Å²) in [7, 11) is 0. The minimum atomic E-state index is 0.288. The van der Waals surface area contributed by atoms with Crippen LogP contribution in [0.3, 0.4) is 0 Å². The van der Waals surface area contributed by atoms with Crippen LogP contribution in [-0.2, 0) is 6.42 Å². The highest BCUT2D eigenvalue weighted by Gasteiger charge is 1.97. The summed E-state index contributed by atoms with van der Waals surface area (Å²) >= 11 is 0. The molecule has 3 heteroatoms. The van der Waals surface area contributed by atoms with Gasteiger partial charge >= 0.3 is 0 Å². The second-order valence-corrected chi connectivity index (χ2v) is 3.61. The highest BCUT2D eigenvalue weighted by Crippen LogP contribution is 2.16. The van der Waals surface area contributed by atoms with Crippen LogP contribution in [0.2, 0.25) is 0 Å². The quantitative estimate of drug-likeness (QED) is 0.772. The Morgan fingerprint density at radius 1 is 0.875 bits per heavy atom. The number of rotatable bonds is 3. The van der Waals surface area contributed by atoms with Crippen molar-refractivity contribution in [2.75, 3.05) is 0 Å². The van der Waals surface area contributed by atoms with E-state index in [2.05, 4.69) is 4.84 Å². The van der Waals surface area contributed by atoms with Crippen molar-refractivity contribution in [1.29, 1.82) is 0 Å². The monoisotopic (exact) mass is 215 g/mol. The van der Waals surface area contributed by atoms with E-state index < -0.39 is 0 Å². The van der Waals surface area contributed by atoms with E-state index >= 15 is 0 Å². The lowest BCUT2D eigenvalue weighted by Gasteiger charge is -2.03. The first-order valence-electron chi connectivity index (χ1n) is 5.01. The third-order valence-corrected chi connectivity index (χ3v) is 2.40. The number of hydrogen-bond donors (Lipinski definition) is 2. The highest BCUT2D eigenvalue weighted by atomic mass is 16.6. The van der Waals surface area contributed by atoms with E-state index in [9.17, 15) is 0 Å². The smallest absolute Gasteiger partial charge is 0.146 e. The van der Waals surface area contributed by atoms with Crippen molar-refractivity contribution in [2.24, 2.45) is 5.90 Å². The van der Waals surface area contributed by atoms with E-state index in [1.54, 1.807) is 12.1 Å². The molecule has 0 aliphatic heterocycles. The Labute approximate surface area is 94.1 Å². The first-order chi connectivity index (χ1) is 7.78. The van der Waals surface area contributed by atoms with Gasteiger partial charge in [-0.15, -0.1) is 0 Å². The summed E-state index contributed by atoms with van der Waals surface area (Å²) in [4.78, 5) is 4.60. The summed E-state index contributed by atoms with van der Waals surface area (Å²) in [6.07, 6.45) is 0.825. The third-order valence-electron chi connectivity index (χ3n) is 2.40. The van der Waals surface area contributed by atoms with Gasteiger partial charge in [0.1, 0.15) is 11.5 Å². The van der Waals surface area contributed by atoms with Crippen molar-refractivity contribution >= 4 is 0 Å². The Kier molecular flexibility index (Phi) is 3.08. The molecule has 3 N–H and O–H groups in total. The zero-order valence-corrected chi connectivity index (χ0v) is 8.76. The number of phenolic OH excluding ortho intramolecular Hbond substituents is 1. The molecule has 0 atom stereocenters. The molecule has 0 aliphatic rings. The van der Waals surface area contributed by atoms with Gasteiger partial charge in [0, 0.05) is 0 Å². The maximum Gasteiger partial charge on any atom is 0.146 e. The van der Waals surface area contributed by atoms with Crippen molar-refractivity contribution in [3.05, 3.63) is 59.7 Å². The maximum absolute atomic E-state index is 9.16. The summed E-state index contributed by atoms with van der Waals surface area (Å²) in [5, 5.41) is 9.16. The molecule has 2 aromatic carbocycles. The number of hydrogen-bond acceptors (Lipinski definition) is 3. The normalized spacial score (nSPS) is 10.1. The molecule has 2 aromatic rings. The molecule has 0 aromatic heterocycles. The summed E-state index contributed by atoms with van der Waals surface area (Å²) in [5.74, 6) is 5.98. The minimum Gasteiger partial charge on any atom is -0.508 e. The van der Waals surface area contributed by atoms with Crippen molar-refractivity contribution in [1.82, 2.24) is 0 Å². The fourth-order valence-electron chi connectivity index (χ4n) is 1.54. The van der Waals surface area contributed by atoms with Gasteiger partial charge in [-0.3, -0.25) is 0 Å². The lowest BCUT2D eigenvalue weighted by atomic mass is 10.1. The molecular formula is C13H13NO2. The average molecular weight is 215 g/mol. The molecule has 0 radical (unpaired) electrons. The predicted octanol–water partition coefficient (Wildman–Crippen LogP) is 2.24. The zero-order valence-electron chi connectivity index (χ0n) is 8.76. The molecule has 0 spiro atoms. The lowest BCUT2D eigenvalue weighted by Crippen LogP contribution is -2.01. The fourth-order valence-corrected chi connectivity index (χ4v) is 1.54. The number of benzene rings is 2. The Hall–Kier alpha value is -2.00. The third kappa shape index (κ3) is 2.52. The molecule has 0 unspecified atom stereocenters. The van der Waals surface area contributed by atoms with Gasteiger partial charge in [0.25, 0.3) is 0 Å². The minimum absolute atomic E-state index is 0.288. The van der Waals surface area contributed by atoms with Gasteiger partial charge in [0.05, 0.1) is 0 Å². The molecule has 0 bridgehead atoms. The molecular weight excluding hydrogens is 202 g/mol. The van der Waals surface area contributed by atoms with E-state index in [0.29, 0.717) is 5.75 Å². The number of aromatic hydroxyl groups is 1. The Balaban J connectivity index is 2.11. The molecule has 16 heavy (non-hydrogen) atoms. The largest absolute Gasteiger partial charge is 0.508 e. The van der Waals surface area contributed by atoms with Crippen LogP contribution >= 0.6 is 0 Å². The van der Waals surface area contributed by atoms with Gasteiger partial charge in [0.15, 0.2) is 0 Å². The average Bonchev–Trinajstić information content (AvgIpc) is 2.33. The van der Waals surface area contributed by atoms with Crippen molar-refractivity contribution in [3.8, 4) is 11.5 Å². The molecule has 0 fully saturated rings. The molecule has 0 aliphatic carbocycles. The van der Waals surface area contributed by atoms with Crippen molar-refractivity contribution in [3.63, 3.8) is 0 Å². The van der Waals surface area contributed by atoms with Crippen molar-refractivity contribution < 1.29 is 9.94 Å². The van der Waals surface area contributed by atoms with Crippen LogP contribution in [0.25, 0.3) is 0 Å². The molecule has 0 saturated heterocycles. The van der Waals surface area contributed by atoms with Crippen molar-refractivity contribution in [2.45, 2.75) is 6.42 Å². The van der Waals surface area contributed by atoms with Crippen LogP contribution in [0.4, 0.5) is 0 Å². The van der Waals surface area contributed by atoms with E-state index in [0.717, 1.165) is 12.0 Å². The van der Waals surface area contributed by atoms with Gasteiger partial charge < -0.3 is 9.94 Å². The predicted molar refractivity (Wildman–Crippen MR) is 62.2 cm³/mol. The van der Waals surface area contributed by atoms with Crippen LogP contribution in [0.1, 0.15) is 11.1 Å². The molecule has 0 amide bonds. The summed E-state index contributed by atoms with van der Waals surface area (Å²) < 4.78 is 0. The summed E-state index contributed by atoms with van der Waals surface area (Å²) in [6.45, 7) is 0. The standard InChI is InChI=1S/C13H13NO2/c14-16-13-7-3-11(4-8-13)9-10-1-5-12(15)6-2-10/h1-8,15H,9,14H2. The molecule has 2 rings (SSSR count). The first-order valence-corrected chi connectivity index (χ1v) is 5.01. The fraction of sp³-hybridized carbons (Fsp3) is 0.0769. The van der Waals surface area contributed by atoms with Gasteiger partial charge in [-0.25, -0.2) is 0 Å². The van der Waals surface area contributed by atoms with Crippen LogP contribution in [-0.4, -0.2) is 5.11 Å². The van der Waals surface area contributed by atoms with Crippen LogP contribution in [0, 0.1) is 0 Å². The SMILES string of the molecule is NOc1ccc(Cc2ccc(O)cc2)cc1. The molecule has 0 heterocycles. The molecule has 82 valence electrons. The molecule has 3 nitrogen and oxygen atoms in total. The second kappa shape index (κ2) is 4.68. The Morgan fingerprint density at radius 2 is 1.38 bits per heavy atom. The Morgan fingerprint density at radius 3 is 1.88 bits per heavy atom. The number of nitrogens with two attached hydrogens (primary N) is 1. The van der Waals surface area contributed by atoms with Crippen LogP contribution in [0.5, 0.6) is 11.5 Å². The highest BCUT2D eigenvalue weighted by molar-refractivity contribution is 5.33. The lowest BCUT2D eigenvalue weighted by molar-refractivity contribution is 0.334. The Bertz CT molecular complexity index is 448. The number of phenols is 1. The zero-order chi connectivity index (χ0) is 11.4. The maximum atomic E-state index is 9.16. The van der Waals surface area contributed by atoms with Gasteiger partial charge in [-0.05, 0) is 41.8 Å². The van der Waals surface area contributed by atoms with E-state index in [-0.39, 0.29) is 5.75 Å². The summed E-state index contributed by atoms with van der Waals surface area (Å²) in [6, 6.07) is 14.8. The van der Waals surface area contributed by atoms with Gasteiger partial charge in [-0.2, -0.15) is 5.90 Å². The van der Waals surface area contributed by atoms with E-state index in [1.807, 2.05) is 36.4 Å². The molecule has 0 saturated carbocycles. The van der Waals surface area contributed by atoms with Gasteiger partial charge in [0.2, 0.25) is 0 Å². The van der Waals surface area contributed by atoms with Crippen LogP contribution < -0.4 is 10.7 Å². The van der Waals surface area contributed by atoms with Gasteiger partial charge in [-0.1, -0.05) is 24.3 Å². The van der Waals surface area contributed by atoms with E-state index in [4.69, 9.17) is 11.0 Å². The van der Waals surface area contributed by atoms with Crippen LogP contribution in [0.15, 0.2) is 48.5 Å². The first kappa shape index (κ1) is 10.5.